The molecule has 1 aliphatic rings. The zero-order chi connectivity index (χ0) is 17.8. The molecule has 0 saturated carbocycles. The lowest BCUT2D eigenvalue weighted by atomic mass is 10.2. The first-order valence-corrected chi connectivity index (χ1v) is 9.13. The van der Waals surface area contributed by atoms with Crippen LogP contribution in [0.25, 0.3) is 0 Å². The highest BCUT2D eigenvalue weighted by atomic mass is 32.2. The molecule has 0 aliphatic carbocycles. The first kappa shape index (κ1) is 17.2. The molecule has 0 fully saturated rings. The van der Waals surface area contributed by atoms with Crippen LogP contribution < -0.4 is 15.4 Å². The monoisotopic (exact) mass is 358 g/mol. The van der Waals surface area contributed by atoms with Crippen molar-refractivity contribution in [1.29, 1.82) is 0 Å². The maximum atomic E-state index is 12.6. The lowest BCUT2D eigenvalue weighted by molar-refractivity contribution is -0.120. The predicted octanol–water partition coefficient (Wildman–Crippen LogP) is 2.54. The highest BCUT2D eigenvalue weighted by Crippen LogP contribution is 2.29. The fourth-order valence-corrected chi connectivity index (χ4v) is 4.01. The van der Waals surface area contributed by atoms with E-state index in [0.717, 1.165) is 0 Å². The van der Waals surface area contributed by atoms with Gasteiger partial charge in [0.25, 0.3) is 0 Å². The zero-order valence-corrected chi connectivity index (χ0v) is 14.5. The third kappa shape index (κ3) is 3.71. The van der Waals surface area contributed by atoms with Crippen molar-refractivity contribution in [3.05, 3.63) is 48.5 Å². The molecule has 0 unspecified atom stereocenters. The van der Waals surface area contributed by atoms with Crippen LogP contribution in [0, 0.1) is 0 Å². The summed E-state index contributed by atoms with van der Waals surface area (Å²) < 4.78 is 18.1. The number of carbonyl (C=O) groups is 2. The Morgan fingerprint density at radius 2 is 1.92 bits per heavy atom. The highest BCUT2D eigenvalue weighted by molar-refractivity contribution is 7.86. The second-order valence-electron chi connectivity index (χ2n) is 5.45. The molecule has 0 radical (unpaired) electrons. The molecule has 0 aromatic heterocycles. The van der Waals surface area contributed by atoms with Gasteiger partial charge in [0.15, 0.2) is 0 Å². The third-order valence-electron chi connectivity index (χ3n) is 3.74. The molecular weight excluding hydrogens is 340 g/mol. The van der Waals surface area contributed by atoms with Crippen molar-refractivity contribution in [3.8, 4) is 5.75 Å². The molecule has 0 spiro atoms. The number of nitrogens with one attached hydrogen (secondary N) is 2. The number of anilines is 2. The molecule has 2 amide bonds. The molecule has 25 heavy (non-hydrogen) atoms. The smallest absolute Gasteiger partial charge is 0.241 e. The van der Waals surface area contributed by atoms with Gasteiger partial charge in [0.05, 0.1) is 40.1 Å². The van der Waals surface area contributed by atoms with Gasteiger partial charge in [-0.05, 0) is 31.2 Å². The van der Waals surface area contributed by atoms with Crippen LogP contribution in [-0.4, -0.2) is 27.9 Å². The van der Waals surface area contributed by atoms with E-state index in [1.54, 1.807) is 48.5 Å². The fourth-order valence-electron chi connectivity index (χ4n) is 2.60. The van der Waals surface area contributed by atoms with Gasteiger partial charge >= 0.3 is 0 Å². The van der Waals surface area contributed by atoms with E-state index in [1.807, 2.05) is 6.92 Å². The van der Waals surface area contributed by atoms with Crippen LogP contribution in [0.5, 0.6) is 5.75 Å². The van der Waals surface area contributed by atoms with Crippen LogP contribution in [0.1, 0.15) is 13.3 Å². The number of ether oxygens (including phenoxy) is 1. The molecule has 1 heterocycles. The zero-order valence-electron chi connectivity index (χ0n) is 13.7. The Kier molecular flexibility index (Phi) is 5.14. The van der Waals surface area contributed by atoms with Crippen LogP contribution in [0.2, 0.25) is 0 Å². The van der Waals surface area contributed by atoms with E-state index < -0.39 is 22.0 Å². The summed E-state index contributed by atoms with van der Waals surface area (Å²) >= 11 is 0. The Morgan fingerprint density at radius 1 is 1.20 bits per heavy atom. The van der Waals surface area contributed by atoms with Gasteiger partial charge in [0.1, 0.15) is 11.0 Å². The topological polar surface area (TPSA) is 84.5 Å². The largest absolute Gasteiger partial charge is 0.492 e. The summed E-state index contributed by atoms with van der Waals surface area (Å²) in [4.78, 5) is 25.1. The van der Waals surface area contributed by atoms with Crippen molar-refractivity contribution in [2.45, 2.75) is 23.5 Å². The van der Waals surface area contributed by atoms with E-state index in [-0.39, 0.29) is 12.3 Å². The fraction of sp³-hybridized carbons (Fsp3) is 0.222. The Labute approximate surface area is 148 Å². The van der Waals surface area contributed by atoms with Crippen LogP contribution in [0.15, 0.2) is 53.4 Å². The van der Waals surface area contributed by atoms with Gasteiger partial charge in [-0.25, -0.2) is 0 Å². The average Bonchev–Trinajstić information content (AvgIpc) is 2.60. The number of rotatable bonds is 5. The summed E-state index contributed by atoms with van der Waals surface area (Å²) in [5.74, 6) is -0.247. The van der Waals surface area contributed by atoms with Crippen molar-refractivity contribution in [2.75, 3.05) is 17.2 Å². The van der Waals surface area contributed by atoms with Crippen molar-refractivity contribution in [3.63, 3.8) is 0 Å². The van der Waals surface area contributed by atoms with E-state index in [9.17, 15) is 13.8 Å². The number of carbonyl (C=O) groups excluding carboxylic acids is 2. The third-order valence-corrected chi connectivity index (χ3v) is 5.43. The Hall–Kier alpha value is -2.67. The van der Waals surface area contributed by atoms with Crippen molar-refractivity contribution < 1.29 is 18.5 Å². The molecule has 2 aromatic carbocycles. The van der Waals surface area contributed by atoms with Gasteiger partial charge in [0.2, 0.25) is 11.8 Å². The van der Waals surface area contributed by atoms with Gasteiger partial charge in [-0.3, -0.25) is 13.8 Å². The minimum Gasteiger partial charge on any atom is -0.492 e. The summed E-state index contributed by atoms with van der Waals surface area (Å²) in [6.07, 6.45) is -0.173. The van der Waals surface area contributed by atoms with Gasteiger partial charge in [-0.2, -0.15) is 0 Å². The van der Waals surface area contributed by atoms with Crippen molar-refractivity contribution in [2.24, 2.45) is 0 Å². The average molecular weight is 358 g/mol. The maximum Gasteiger partial charge on any atom is 0.241 e. The Bertz CT molecular complexity index is 837. The number of hydrogen-bond acceptors (Lipinski definition) is 4. The summed E-state index contributed by atoms with van der Waals surface area (Å²) in [7, 11) is -1.57. The standard InChI is InChI=1S/C18H18N2O4S/c1-2-24-14-9-5-3-7-12(14)19-17(21)11-16-18(22)20-13-8-4-6-10-15(13)25(16)23/h3-10,16H,2,11H2,1H3,(H,19,21)(H,20,22)/t16-,25-/m0/s1. The van der Waals surface area contributed by atoms with Crippen molar-refractivity contribution in [1.82, 2.24) is 0 Å². The number of benzene rings is 2. The number of amides is 2. The summed E-state index contributed by atoms with van der Waals surface area (Å²) in [5, 5.41) is 4.51. The molecule has 6 nitrogen and oxygen atoms in total. The lowest BCUT2D eigenvalue weighted by Gasteiger charge is -2.23. The summed E-state index contributed by atoms with van der Waals surface area (Å²) in [5.41, 5.74) is 1.06. The minimum absolute atomic E-state index is 0.173. The van der Waals surface area contributed by atoms with Gasteiger partial charge < -0.3 is 15.4 Å². The second kappa shape index (κ2) is 7.48. The summed E-state index contributed by atoms with van der Waals surface area (Å²) in [6, 6.07) is 14.0. The van der Waals surface area contributed by atoms with E-state index in [4.69, 9.17) is 4.74 Å². The SMILES string of the molecule is CCOc1ccccc1NC(=O)C[C@H]1C(=O)Nc2ccccc2[S@@]1=O. The van der Waals surface area contributed by atoms with Crippen LogP contribution in [-0.2, 0) is 20.4 Å². The minimum atomic E-state index is -1.57. The predicted molar refractivity (Wildman–Crippen MR) is 96.1 cm³/mol. The lowest BCUT2D eigenvalue weighted by Crippen LogP contribution is -2.39. The first-order chi connectivity index (χ1) is 12.1. The van der Waals surface area contributed by atoms with Crippen LogP contribution in [0.4, 0.5) is 11.4 Å². The normalized spacial score (nSPS) is 18.8. The molecule has 2 aromatic rings. The van der Waals surface area contributed by atoms with Gasteiger partial charge in [-0.15, -0.1) is 0 Å². The molecule has 130 valence electrons. The van der Waals surface area contributed by atoms with E-state index in [2.05, 4.69) is 10.6 Å². The van der Waals surface area contributed by atoms with Gasteiger partial charge in [-0.1, -0.05) is 24.3 Å². The van der Waals surface area contributed by atoms with E-state index in [1.165, 1.54) is 0 Å². The molecule has 3 rings (SSSR count). The maximum absolute atomic E-state index is 12.6. The van der Waals surface area contributed by atoms with Gasteiger partial charge in [0, 0.05) is 0 Å². The Morgan fingerprint density at radius 3 is 2.72 bits per heavy atom. The summed E-state index contributed by atoms with van der Waals surface area (Å²) in [6.45, 7) is 2.32. The molecule has 1 aliphatic heterocycles. The molecular formula is C18H18N2O4S. The molecule has 2 N–H and O–H groups in total. The van der Waals surface area contributed by atoms with E-state index in [0.29, 0.717) is 28.6 Å². The quantitative estimate of drug-likeness (QED) is 0.860. The highest BCUT2D eigenvalue weighted by Gasteiger charge is 2.34. The molecule has 0 bridgehead atoms. The van der Waals surface area contributed by atoms with E-state index >= 15 is 0 Å². The number of fused-ring (bicyclic) bond motifs is 1. The molecule has 0 saturated heterocycles. The molecule has 2 atom stereocenters. The first-order valence-electron chi connectivity index (χ1n) is 7.92. The van der Waals surface area contributed by atoms with Crippen LogP contribution in [0.3, 0.4) is 0 Å². The number of para-hydroxylation sites is 3. The molecule has 7 heteroatoms. The Balaban J connectivity index is 1.73. The number of hydrogen-bond donors (Lipinski definition) is 2. The van der Waals surface area contributed by atoms with Crippen molar-refractivity contribution >= 4 is 34.0 Å². The second-order valence-corrected chi connectivity index (χ2v) is 7.06. The van der Waals surface area contributed by atoms with Crippen LogP contribution >= 0.6 is 0 Å².